The highest BCUT2D eigenvalue weighted by Gasteiger charge is 2.18. The van der Waals surface area contributed by atoms with Crippen molar-refractivity contribution >= 4 is 35.6 Å². The van der Waals surface area contributed by atoms with E-state index in [0.29, 0.717) is 37.6 Å². The van der Waals surface area contributed by atoms with Crippen LogP contribution in [0.4, 0.5) is 5.69 Å². The van der Waals surface area contributed by atoms with E-state index in [-0.39, 0.29) is 25.3 Å². The molecule has 0 saturated heterocycles. The molecule has 0 aromatic carbocycles. The van der Waals surface area contributed by atoms with Gasteiger partial charge in [0.05, 0.1) is 30.2 Å². The molecule has 1 aromatic heterocycles. The first-order valence-corrected chi connectivity index (χ1v) is 9.62. The Morgan fingerprint density at radius 2 is 1.83 bits per heavy atom. The van der Waals surface area contributed by atoms with E-state index >= 15 is 0 Å². The molecule has 1 atom stereocenters. The van der Waals surface area contributed by atoms with Gasteiger partial charge in [-0.25, -0.2) is 0 Å². The van der Waals surface area contributed by atoms with E-state index in [4.69, 9.17) is 17.2 Å². The third-order valence-electron chi connectivity index (χ3n) is 4.23. The molecule has 0 aliphatic rings. The fraction of sp³-hybridized carbons (Fsp3) is 0.400. The lowest BCUT2D eigenvalue weighted by atomic mass is 10.1. The van der Waals surface area contributed by atoms with Crippen molar-refractivity contribution in [2.24, 2.45) is 17.2 Å². The molecule has 3 amide bonds. The number of hydrogen-bond donors (Lipinski definition) is 5. The first-order chi connectivity index (χ1) is 14.4. The summed E-state index contributed by atoms with van der Waals surface area (Å²) in [7, 11) is 0. The molecule has 0 radical (unpaired) electrons. The van der Waals surface area contributed by atoms with E-state index in [1.807, 2.05) is 0 Å². The average Bonchev–Trinajstić information content (AvgIpc) is 2.75. The van der Waals surface area contributed by atoms with Crippen LogP contribution in [0, 0.1) is 0 Å². The van der Waals surface area contributed by atoms with Crippen molar-refractivity contribution in [1.29, 1.82) is 0 Å². The Hall–Kier alpha value is -3.08. The Bertz CT molecular complexity index is 761. The molecule has 0 saturated carbocycles. The topological polar surface area (TPSA) is 169 Å². The van der Waals surface area contributed by atoms with Crippen molar-refractivity contribution < 1.29 is 14.4 Å². The average molecular weight is 418 g/mol. The first kappa shape index (κ1) is 25.0. The van der Waals surface area contributed by atoms with E-state index in [2.05, 4.69) is 28.8 Å². The molecule has 0 fully saturated rings. The van der Waals surface area contributed by atoms with Crippen LogP contribution in [0.2, 0.25) is 0 Å². The van der Waals surface area contributed by atoms with Crippen LogP contribution in [0.15, 0.2) is 25.4 Å². The standard InChI is InChI=1S/C20H31N7O3/c1-3-14-11-15(12-24-17(14)4-2)26-18(28)13-25-20(30)16(23)5-6-19(29)27(9-7-21)10-8-22/h3-4,11-12,16H,1-2,5-10,13,21-23H2,(H,25,30)(H,26,28). The highest BCUT2D eigenvalue weighted by atomic mass is 16.2. The Morgan fingerprint density at radius 3 is 2.40 bits per heavy atom. The predicted octanol–water partition coefficient (Wildman–Crippen LogP) is -0.724. The van der Waals surface area contributed by atoms with Crippen molar-refractivity contribution in [2.75, 3.05) is 38.0 Å². The minimum absolute atomic E-state index is 0.0897. The number of hydrogen-bond acceptors (Lipinski definition) is 7. The SMILES string of the molecule is C=Cc1cc(NC(=O)CNC(=O)C(N)CCC(=O)N(CCN)CCN)cnc1C=C. The number of nitrogens with one attached hydrogen (secondary N) is 2. The summed E-state index contributed by atoms with van der Waals surface area (Å²) in [6.45, 7) is 8.53. The molecule has 1 aromatic rings. The molecule has 30 heavy (non-hydrogen) atoms. The molecule has 1 rings (SSSR count). The zero-order chi connectivity index (χ0) is 22.5. The quantitative estimate of drug-likeness (QED) is 0.282. The maximum absolute atomic E-state index is 12.2. The van der Waals surface area contributed by atoms with Crippen LogP contribution in [0.1, 0.15) is 24.1 Å². The van der Waals surface area contributed by atoms with Gasteiger partial charge in [-0.3, -0.25) is 19.4 Å². The fourth-order valence-corrected chi connectivity index (χ4v) is 2.64. The van der Waals surface area contributed by atoms with Crippen molar-refractivity contribution in [3.63, 3.8) is 0 Å². The van der Waals surface area contributed by atoms with Gasteiger partial charge in [-0.05, 0) is 18.6 Å². The number of pyridine rings is 1. The second-order valence-electron chi connectivity index (χ2n) is 6.48. The van der Waals surface area contributed by atoms with Gasteiger partial charge in [0.15, 0.2) is 0 Å². The number of aromatic nitrogens is 1. The minimum Gasteiger partial charge on any atom is -0.346 e. The monoisotopic (exact) mass is 417 g/mol. The van der Waals surface area contributed by atoms with E-state index in [0.717, 1.165) is 5.56 Å². The van der Waals surface area contributed by atoms with E-state index in [9.17, 15) is 14.4 Å². The fourth-order valence-electron chi connectivity index (χ4n) is 2.64. The summed E-state index contributed by atoms with van der Waals surface area (Å²) >= 11 is 0. The summed E-state index contributed by atoms with van der Waals surface area (Å²) in [4.78, 5) is 42.0. The Kier molecular flexibility index (Phi) is 11.0. The minimum atomic E-state index is -0.916. The smallest absolute Gasteiger partial charge is 0.243 e. The van der Waals surface area contributed by atoms with Gasteiger partial charge in [0, 0.05) is 38.2 Å². The van der Waals surface area contributed by atoms with Crippen LogP contribution in [-0.4, -0.2) is 66.4 Å². The number of anilines is 1. The van der Waals surface area contributed by atoms with Crippen LogP contribution in [0.25, 0.3) is 12.2 Å². The van der Waals surface area contributed by atoms with Gasteiger partial charge < -0.3 is 32.7 Å². The molecule has 164 valence electrons. The predicted molar refractivity (Wildman–Crippen MR) is 118 cm³/mol. The normalized spacial score (nSPS) is 11.3. The number of carbonyl (C=O) groups is 3. The molecule has 0 aliphatic heterocycles. The lowest BCUT2D eigenvalue weighted by Crippen LogP contribution is -2.45. The lowest BCUT2D eigenvalue weighted by Gasteiger charge is -2.22. The summed E-state index contributed by atoms with van der Waals surface area (Å²) in [5.74, 6) is -1.12. The summed E-state index contributed by atoms with van der Waals surface area (Å²) in [6, 6.07) is 0.781. The molecule has 10 nitrogen and oxygen atoms in total. The van der Waals surface area contributed by atoms with Gasteiger partial charge in [0.25, 0.3) is 0 Å². The van der Waals surface area contributed by atoms with Gasteiger partial charge in [-0.2, -0.15) is 0 Å². The van der Waals surface area contributed by atoms with Gasteiger partial charge in [-0.15, -0.1) is 0 Å². The molecule has 0 spiro atoms. The number of nitrogens with zero attached hydrogens (tertiary/aromatic N) is 2. The molecule has 0 bridgehead atoms. The second kappa shape index (κ2) is 13.2. The van der Waals surface area contributed by atoms with Crippen molar-refractivity contribution in [3.05, 3.63) is 36.7 Å². The van der Waals surface area contributed by atoms with E-state index in [1.165, 1.54) is 6.20 Å². The first-order valence-electron chi connectivity index (χ1n) is 9.62. The Balaban J connectivity index is 2.47. The van der Waals surface area contributed by atoms with Gasteiger partial charge in [0.2, 0.25) is 17.7 Å². The zero-order valence-corrected chi connectivity index (χ0v) is 17.1. The van der Waals surface area contributed by atoms with Crippen LogP contribution >= 0.6 is 0 Å². The maximum atomic E-state index is 12.2. The summed E-state index contributed by atoms with van der Waals surface area (Å²) in [5.41, 5.74) is 18.6. The summed E-state index contributed by atoms with van der Waals surface area (Å²) < 4.78 is 0. The van der Waals surface area contributed by atoms with Crippen molar-refractivity contribution in [1.82, 2.24) is 15.2 Å². The molecule has 10 heteroatoms. The number of amides is 3. The van der Waals surface area contributed by atoms with Crippen LogP contribution in [-0.2, 0) is 14.4 Å². The molecule has 1 unspecified atom stereocenters. The molecule has 8 N–H and O–H groups in total. The van der Waals surface area contributed by atoms with Crippen LogP contribution < -0.4 is 27.8 Å². The second-order valence-corrected chi connectivity index (χ2v) is 6.48. The van der Waals surface area contributed by atoms with Crippen molar-refractivity contribution in [2.45, 2.75) is 18.9 Å². The molecular weight excluding hydrogens is 386 g/mol. The largest absolute Gasteiger partial charge is 0.346 e. The van der Waals surface area contributed by atoms with Gasteiger partial charge in [0.1, 0.15) is 0 Å². The van der Waals surface area contributed by atoms with E-state index in [1.54, 1.807) is 23.1 Å². The molecule has 1 heterocycles. The zero-order valence-electron chi connectivity index (χ0n) is 17.1. The van der Waals surface area contributed by atoms with Crippen LogP contribution in [0.5, 0.6) is 0 Å². The van der Waals surface area contributed by atoms with E-state index < -0.39 is 17.9 Å². The van der Waals surface area contributed by atoms with Gasteiger partial charge >= 0.3 is 0 Å². The third-order valence-corrected chi connectivity index (χ3v) is 4.23. The Labute approximate surface area is 176 Å². The lowest BCUT2D eigenvalue weighted by molar-refractivity contribution is -0.131. The van der Waals surface area contributed by atoms with Crippen molar-refractivity contribution in [3.8, 4) is 0 Å². The number of carbonyl (C=O) groups excluding carboxylic acids is 3. The third kappa shape index (κ3) is 8.11. The van der Waals surface area contributed by atoms with Crippen LogP contribution in [0.3, 0.4) is 0 Å². The Morgan fingerprint density at radius 1 is 1.17 bits per heavy atom. The number of rotatable bonds is 13. The summed E-state index contributed by atoms with van der Waals surface area (Å²) in [6.07, 6.45) is 4.90. The molecule has 0 aliphatic carbocycles. The highest BCUT2D eigenvalue weighted by molar-refractivity contribution is 5.95. The summed E-state index contributed by atoms with van der Waals surface area (Å²) in [5, 5.41) is 5.09. The maximum Gasteiger partial charge on any atom is 0.243 e. The molecular formula is C20H31N7O3. The number of nitrogens with two attached hydrogens (primary N) is 3. The van der Waals surface area contributed by atoms with Gasteiger partial charge in [-0.1, -0.05) is 19.2 Å². The highest BCUT2D eigenvalue weighted by Crippen LogP contribution is 2.15.